The molecule has 1 aromatic rings. The van der Waals surface area contributed by atoms with Gasteiger partial charge in [-0.3, -0.25) is 0 Å². The maximum absolute atomic E-state index is 13.6. The maximum Gasteiger partial charge on any atom is 0.151 e. The highest BCUT2D eigenvalue weighted by molar-refractivity contribution is 7.91. The van der Waals surface area contributed by atoms with Crippen molar-refractivity contribution in [3.63, 3.8) is 0 Å². The van der Waals surface area contributed by atoms with Gasteiger partial charge in [0.05, 0.1) is 5.75 Å². The third-order valence-corrected chi connectivity index (χ3v) is 4.80. The zero-order valence-corrected chi connectivity index (χ0v) is 12.1. The second kappa shape index (κ2) is 6.43. The molecule has 0 radical (unpaired) electrons. The lowest BCUT2D eigenvalue weighted by atomic mass is 10.1. The molecule has 0 fully saturated rings. The molecule has 6 heteroatoms. The van der Waals surface area contributed by atoms with Crippen LogP contribution >= 0.6 is 0 Å². The summed E-state index contributed by atoms with van der Waals surface area (Å²) in [5, 5.41) is 2.91. The fourth-order valence-corrected chi connectivity index (χ4v) is 3.08. The van der Waals surface area contributed by atoms with Gasteiger partial charge < -0.3 is 5.32 Å². The van der Waals surface area contributed by atoms with E-state index >= 15 is 0 Å². The third kappa shape index (κ3) is 4.54. The highest BCUT2D eigenvalue weighted by Gasteiger charge is 2.20. The lowest BCUT2D eigenvalue weighted by Gasteiger charge is -2.21. The molecule has 3 nitrogen and oxygen atoms in total. The van der Waals surface area contributed by atoms with Gasteiger partial charge in [-0.15, -0.1) is 0 Å². The number of hydrogen-bond acceptors (Lipinski definition) is 3. The van der Waals surface area contributed by atoms with E-state index in [9.17, 15) is 17.2 Å². The number of halogens is 2. The van der Waals surface area contributed by atoms with Crippen molar-refractivity contribution in [2.24, 2.45) is 0 Å². The molecule has 19 heavy (non-hydrogen) atoms. The molecule has 0 heterocycles. The van der Waals surface area contributed by atoms with Crippen LogP contribution in [0.5, 0.6) is 0 Å². The van der Waals surface area contributed by atoms with E-state index in [1.54, 1.807) is 20.8 Å². The number of nitrogens with one attached hydrogen (secondary N) is 1. The zero-order chi connectivity index (χ0) is 14.6. The molecule has 0 aromatic heterocycles. The third-order valence-electron chi connectivity index (χ3n) is 2.91. The molecule has 108 valence electrons. The van der Waals surface area contributed by atoms with Crippen molar-refractivity contribution >= 4 is 9.84 Å². The molecule has 0 saturated heterocycles. The normalized spacial score (nSPS) is 15.2. The summed E-state index contributed by atoms with van der Waals surface area (Å²) in [6.45, 7) is 4.86. The minimum absolute atomic E-state index is 0.0517. The number of sulfone groups is 1. The summed E-state index contributed by atoms with van der Waals surface area (Å²) in [6.07, 6.45) is 0. The number of benzene rings is 1. The summed E-state index contributed by atoms with van der Waals surface area (Å²) in [6, 6.07) is 2.70. The minimum Gasteiger partial charge on any atom is -0.306 e. The lowest BCUT2D eigenvalue weighted by Crippen LogP contribution is -2.36. The van der Waals surface area contributed by atoms with Crippen molar-refractivity contribution in [3.8, 4) is 0 Å². The molecule has 1 rings (SSSR count). The molecule has 1 aromatic carbocycles. The van der Waals surface area contributed by atoms with Crippen LogP contribution in [-0.2, 0) is 9.84 Å². The Hall–Kier alpha value is -1.01. The molecule has 1 N–H and O–H groups in total. The van der Waals surface area contributed by atoms with Crippen LogP contribution in [-0.4, -0.2) is 26.0 Å². The smallest absolute Gasteiger partial charge is 0.151 e. The average molecular weight is 291 g/mol. The second-order valence-corrected chi connectivity index (χ2v) is 7.02. The van der Waals surface area contributed by atoms with Gasteiger partial charge in [-0.25, -0.2) is 17.2 Å². The Morgan fingerprint density at radius 3 is 2.21 bits per heavy atom. The van der Waals surface area contributed by atoms with Crippen molar-refractivity contribution in [2.45, 2.75) is 32.9 Å². The van der Waals surface area contributed by atoms with Crippen LogP contribution in [0, 0.1) is 11.6 Å². The summed E-state index contributed by atoms with van der Waals surface area (Å²) < 4.78 is 50.1. The summed E-state index contributed by atoms with van der Waals surface area (Å²) >= 11 is 0. The van der Waals surface area contributed by atoms with Gasteiger partial charge in [0.1, 0.15) is 11.6 Å². The van der Waals surface area contributed by atoms with Crippen LogP contribution in [0.3, 0.4) is 0 Å². The molecule has 2 atom stereocenters. The highest BCUT2D eigenvalue weighted by atomic mass is 32.2. The van der Waals surface area contributed by atoms with E-state index in [1.165, 1.54) is 18.2 Å². The molecule has 0 aliphatic heterocycles. The largest absolute Gasteiger partial charge is 0.306 e. The molecule has 0 amide bonds. The number of rotatable bonds is 6. The van der Waals surface area contributed by atoms with E-state index in [4.69, 9.17) is 0 Å². The molecule has 0 bridgehead atoms. The Morgan fingerprint density at radius 1 is 1.21 bits per heavy atom. The van der Waals surface area contributed by atoms with Crippen LogP contribution in [0.15, 0.2) is 18.2 Å². The van der Waals surface area contributed by atoms with Crippen LogP contribution < -0.4 is 5.32 Å². The standard InChI is InChI=1S/C13H19F2NO2S/c1-4-19(17,18)8-9(2)16-10(3)13-11(14)6-5-7-12(13)15/h5-7,9-10,16H,4,8H2,1-3H3/t9-,10+/m1/s1. The minimum atomic E-state index is -3.12. The molecule has 0 aliphatic carbocycles. The average Bonchev–Trinajstić information content (AvgIpc) is 2.27. The van der Waals surface area contributed by atoms with E-state index < -0.39 is 27.5 Å². The first-order chi connectivity index (χ1) is 8.76. The van der Waals surface area contributed by atoms with E-state index in [1.807, 2.05) is 0 Å². The molecular weight excluding hydrogens is 272 g/mol. The van der Waals surface area contributed by atoms with Gasteiger partial charge in [0.15, 0.2) is 9.84 Å². The van der Waals surface area contributed by atoms with Crippen LogP contribution in [0.25, 0.3) is 0 Å². The van der Waals surface area contributed by atoms with E-state index in [2.05, 4.69) is 5.32 Å². The Labute approximate surface area is 112 Å². The Bertz CT molecular complexity index is 511. The first-order valence-electron chi connectivity index (χ1n) is 6.17. The van der Waals surface area contributed by atoms with Crippen molar-refractivity contribution < 1.29 is 17.2 Å². The predicted molar refractivity (Wildman–Crippen MR) is 71.7 cm³/mol. The highest BCUT2D eigenvalue weighted by Crippen LogP contribution is 2.20. The van der Waals surface area contributed by atoms with Gasteiger partial charge in [0, 0.05) is 23.4 Å². The van der Waals surface area contributed by atoms with Gasteiger partial charge in [-0.05, 0) is 26.0 Å². The number of hydrogen-bond donors (Lipinski definition) is 1. The molecule has 0 aliphatic rings. The predicted octanol–water partition coefficient (Wildman–Crippen LogP) is 2.44. The van der Waals surface area contributed by atoms with Crippen molar-refractivity contribution in [3.05, 3.63) is 35.4 Å². The fourth-order valence-electron chi connectivity index (χ4n) is 1.98. The van der Waals surface area contributed by atoms with E-state index in [0.29, 0.717) is 0 Å². The van der Waals surface area contributed by atoms with Crippen LogP contribution in [0.2, 0.25) is 0 Å². The first kappa shape index (κ1) is 16.0. The monoisotopic (exact) mass is 291 g/mol. The Morgan fingerprint density at radius 2 is 1.74 bits per heavy atom. The first-order valence-corrected chi connectivity index (χ1v) is 7.99. The SMILES string of the molecule is CCS(=O)(=O)C[C@@H](C)N[C@@H](C)c1c(F)cccc1F. The Balaban J connectivity index is 2.77. The Kier molecular flexibility index (Phi) is 5.43. The quantitative estimate of drug-likeness (QED) is 0.875. The van der Waals surface area contributed by atoms with Gasteiger partial charge >= 0.3 is 0 Å². The maximum atomic E-state index is 13.6. The van der Waals surface area contributed by atoms with Gasteiger partial charge in [0.25, 0.3) is 0 Å². The van der Waals surface area contributed by atoms with E-state index in [-0.39, 0.29) is 23.1 Å². The summed E-state index contributed by atoms with van der Waals surface area (Å²) in [5.74, 6) is -1.26. The fraction of sp³-hybridized carbons (Fsp3) is 0.538. The van der Waals surface area contributed by atoms with Crippen LogP contribution in [0.4, 0.5) is 8.78 Å². The molecule has 0 saturated carbocycles. The van der Waals surface area contributed by atoms with E-state index in [0.717, 1.165) is 0 Å². The molecule has 0 spiro atoms. The topological polar surface area (TPSA) is 46.2 Å². The summed E-state index contributed by atoms with van der Waals surface area (Å²) in [4.78, 5) is 0. The second-order valence-electron chi connectivity index (χ2n) is 4.62. The zero-order valence-electron chi connectivity index (χ0n) is 11.3. The molecule has 0 unspecified atom stereocenters. The van der Waals surface area contributed by atoms with Crippen molar-refractivity contribution in [1.82, 2.24) is 5.32 Å². The van der Waals surface area contributed by atoms with Gasteiger partial charge in [0.2, 0.25) is 0 Å². The van der Waals surface area contributed by atoms with Crippen LogP contribution in [0.1, 0.15) is 32.4 Å². The summed E-state index contributed by atoms with van der Waals surface area (Å²) in [7, 11) is -3.12. The lowest BCUT2D eigenvalue weighted by molar-refractivity contribution is 0.455. The van der Waals surface area contributed by atoms with Gasteiger partial charge in [-0.1, -0.05) is 13.0 Å². The van der Waals surface area contributed by atoms with Gasteiger partial charge in [-0.2, -0.15) is 0 Å². The van der Waals surface area contributed by atoms with Crippen molar-refractivity contribution in [1.29, 1.82) is 0 Å². The molecular formula is C13H19F2NO2S. The summed E-state index contributed by atoms with van der Waals surface area (Å²) in [5.41, 5.74) is -0.0664. The van der Waals surface area contributed by atoms with Crippen molar-refractivity contribution in [2.75, 3.05) is 11.5 Å².